The lowest BCUT2D eigenvalue weighted by atomic mass is 9.96. The number of hydrogen-bond acceptors (Lipinski definition) is 0. The van der Waals surface area contributed by atoms with Crippen molar-refractivity contribution in [1.29, 1.82) is 0 Å². The molecule has 0 N–H and O–H groups in total. The van der Waals surface area contributed by atoms with Gasteiger partial charge < -0.3 is 0 Å². The van der Waals surface area contributed by atoms with Gasteiger partial charge in [-0.3, -0.25) is 0 Å². The Kier molecular flexibility index (Phi) is 2.42. The molecule has 0 aromatic heterocycles. The van der Waals surface area contributed by atoms with E-state index in [0.717, 1.165) is 12.5 Å². The molecule has 0 radical (unpaired) electrons. The summed E-state index contributed by atoms with van der Waals surface area (Å²) in [7, 11) is 0. The second kappa shape index (κ2) is 3.09. The lowest BCUT2D eigenvalue weighted by Crippen LogP contribution is -2.11. The van der Waals surface area contributed by atoms with Crippen LogP contribution in [0.2, 0.25) is 0 Å². The second-order valence-corrected chi connectivity index (χ2v) is 3.66. The quantitative estimate of drug-likeness (QED) is 0.624. The van der Waals surface area contributed by atoms with Crippen LogP contribution in [-0.2, 0) is 5.92 Å². The molecular weight excluding hydrogens is 170 g/mol. The molecule has 0 saturated heterocycles. The van der Waals surface area contributed by atoms with Gasteiger partial charge >= 0.3 is 0 Å². The molecule has 0 aliphatic rings. The molecule has 0 spiro atoms. The molecule has 0 fully saturated rings. The zero-order chi connectivity index (χ0) is 10.2. The van der Waals surface area contributed by atoms with Crippen LogP contribution >= 0.6 is 0 Å². The van der Waals surface area contributed by atoms with Crippen molar-refractivity contribution >= 4 is 0 Å². The van der Waals surface area contributed by atoms with E-state index >= 15 is 0 Å². The molecule has 0 atom stereocenters. The lowest BCUT2D eigenvalue weighted by molar-refractivity contribution is 0.0162. The van der Waals surface area contributed by atoms with E-state index in [-0.39, 0.29) is 5.56 Å². The van der Waals surface area contributed by atoms with Crippen LogP contribution in [0, 0.1) is 20.8 Å². The van der Waals surface area contributed by atoms with E-state index in [2.05, 4.69) is 0 Å². The topological polar surface area (TPSA) is 0 Å². The summed E-state index contributed by atoms with van der Waals surface area (Å²) >= 11 is 0. The summed E-state index contributed by atoms with van der Waals surface area (Å²) in [5.41, 5.74) is 2.54. The zero-order valence-corrected chi connectivity index (χ0v) is 8.41. The summed E-state index contributed by atoms with van der Waals surface area (Å²) in [5.74, 6) is -2.73. The van der Waals surface area contributed by atoms with Gasteiger partial charge in [-0.15, -0.1) is 0 Å². The number of halogens is 2. The number of alkyl halides is 2. The molecule has 13 heavy (non-hydrogen) atoms. The Hall–Kier alpha value is -0.920. The standard InChI is InChI=1S/C11H14F2/c1-7-5-8(2)10(9(3)6-7)11(4,12)13/h5-6H,1-4H3. The van der Waals surface area contributed by atoms with Gasteiger partial charge in [-0.25, -0.2) is 8.78 Å². The van der Waals surface area contributed by atoms with Crippen LogP contribution in [0.1, 0.15) is 29.2 Å². The fourth-order valence-electron chi connectivity index (χ4n) is 1.87. The van der Waals surface area contributed by atoms with E-state index < -0.39 is 5.92 Å². The van der Waals surface area contributed by atoms with Crippen molar-refractivity contribution in [2.45, 2.75) is 33.6 Å². The highest BCUT2D eigenvalue weighted by molar-refractivity contribution is 5.39. The van der Waals surface area contributed by atoms with E-state index in [1.54, 1.807) is 26.0 Å². The Bertz CT molecular complexity index is 298. The van der Waals surface area contributed by atoms with Crippen molar-refractivity contribution in [2.24, 2.45) is 0 Å². The molecule has 0 aliphatic heterocycles. The highest BCUT2D eigenvalue weighted by Crippen LogP contribution is 2.32. The van der Waals surface area contributed by atoms with Gasteiger partial charge in [0, 0.05) is 12.5 Å². The van der Waals surface area contributed by atoms with Crippen molar-refractivity contribution < 1.29 is 8.78 Å². The Balaban J connectivity index is 3.38. The van der Waals surface area contributed by atoms with Crippen molar-refractivity contribution in [1.82, 2.24) is 0 Å². The third kappa shape index (κ3) is 2.06. The van der Waals surface area contributed by atoms with Gasteiger partial charge in [0.05, 0.1) is 0 Å². The van der Waals surface area contributed by atoms with E-state index in [0.29, 0.717) is 11.1 Å². The maximum Gasteiger partial charge on any atom is 0.271 e. The third-order valence-electron chi connectivity index (χ3n) is 2.12. The maximum atomic E-state index is 13.1. The Morgan fingerprint density at radius 1 is 1.00 bits per heavy atom. The van der Waals surface area contributed by atoms with Crippen LogP contribution in [0.3, 0.4) is 0 Å². The fraction of sp³-hybridized carbons (Fsp3) is 0.455. The van der Waals surface area contributed by atoms with Crippen molar-refractivity contribution in [3.8, 4) is 0 Å². The van der Waals surface area contributed by atoms with Gasteiger partial charge in [-0.05, 0) is 31.9 Å². The molecule has 1 rings (SSSR count). The predicted molar refractivity (Wildman–Crippen MR) is 50.2 cm³/mol. The number of benzene rings is 1. The van der Waals surface area contributed by atoms with Gasteiger partial charge in [0.25, 0.3) is 5.92 Å². The first-order chi connectivity index (χ1) is 5.82. The first-order valence-electron chi connectivity index (χ1n) is 4.28. The van der Waals surface area contributed by atoms with Crippen LogP contribution in [0.25, 0.3) is 0 Å². The molecular formula is C11H14F2. The minimum absolute atomic E-state index is 0.165. The van der Waals surface area contributed by atoms with Crippen LogP contribution in [0.4, 0.5) is 8.78 Å². The van der Waals surface area contributed by atoms with Crippen molar-refractivity contribution in [3.63, 3.8) is 0 Å². The van der Waals surface area contributed by atoms with Crippen molar-refractivity contribution in [2.75, 3.05) is 0 Å². The van der Waals surface area contributed by atoms with Gasteiger partial charge in [-0.1, -0.05) is 17.7 Å². The normalized spacial score (nSPS) is 11.8. The monoisotopic (exact) mass is 184 g/mol. The minimum Gasteiger partial charge on any atom is -0.202 e. The summed E-state index contributed by atoms with van der Waals surface area (Å²) < 4.78 is 26.2. The fourth-order valence-corrected chi connectivity index (χ4v) is 1.87. The molecule has 0 heterocycles. The molecule has 2 heteroatoms. The average molecular weight is 184 g/mol. The summed E-state index contributed by atoms with van der Waals surface area (Å²) in [6, 6.07) is 3.58. The highest BCUT2D eigenvalue weighted by atomic mass is 19.3. The van der Waals surface area contributed by atoms with Gasteiger partial charge in [0.1, 0.15) is 0 Å². The molecule has 1 aromatic carbocycles. The first-order valence-corrected chi connectivity index (χ1v) is 4.28. The summed E-state index contributed by atoms with van der Waals surface area (Å²) in [5, 5.41) is 0. The van der Waals surface area contributed by atoms with E-state index in [1.807, 2.05) is 6.92 Å². The van der Waals surface area contributed by atoms with Gasteiger partial charge in [0.2, 0.25) is 0 Å². The van der Waals surface area contributed by atoms with Crippen molar-refractivity contribution in [3.05, 3.63) is 34.4 Å². The minimum atomic E-state index is -2.73. The van der Waals surface area contributed by atoms with E-state index in [4.69, 9.17) is 0 Å². The molecule has 1 aromatic rings. The zero-order valence-electron chi connectivity index (χ0n) is 8.41. The highest BCUT2D eigenvalue weighted by Gasteiger charge is 2.28. The first kappa shape index (κ1) is 10.2. The van der Waals surface area contributed by atoms with Crippen LogP contribution < -0.4 is 0 Å². The van der Waals surface area contributed by atoms with E-state index in [9.17, 15) is 8.78 Å². The van der Waals surface area contributed by atoms with Gasteiger partial charge in [-0.2, -0.15) is 0 Å². The summed E-state index contributed by atoms with van der Waals surface area (Å²) in [6.45, 7) is 6.31. The lowest BCUT2D eigenvalue weighted by Gasteiger charge is -2.17. The molecule has 0 amide bonds. The molecule has 0 bridgehead atoms. The second-order valence-electron chi connectivity index (χ2n) is 3.66. The van der Waals surface area contributed by atoms with E-state index in [1.165, 1.54) is 0 Å². The number of rotatable bonds is 1. The van der Waals surface area contributed by atoms with Crippen LogP contribution in [0.5, 0.6) is 0 Å². The largest absolute Gasteiger partial charge is 0.271 e. The summed E-state index contributed by atoms with van der Waals surface area (Å²) in [6.07, 6.45) is 0. The Morgan fingerprint density at radius 3 is 1.69 bits per heavy atom. The Labute approximate surface area is 77.6 Å². The molecule has 0 nitrogen and oxygen atoms in total. The number of hydrogen-bond donors (Lipinski definition) is 0. The summed E-state index contributed by atoms with van der Waals surface area (Å²) in [4.78, 5) is 0. The molecule has 72 valence electrons. The Morgan fingerprint density at radius 2 is 1.38 bits per heavy atom. The SMILES string of the molecule is Cc1cc(C)c(C(C)(F)F)c(C)c1. The molecule has 0 unspecified atom stereocenters. The molecule has 0 saturated carbocycles. The predicted octanol–water partition coefficient (Wildman–Crippen LogP) is 3.72. The van der Waals surface area contributed by atoms with Crippen LogP contribution in [0.15, 0.2) is 12.1 Å². The maximum absolute atomic E-state index is 13.1. The van der Waals surface area contributed by atoms with Gasteiger partial charge in [0.15, 0.2) is 0 Å². The molecule has 0 aliphatic carbocycles. The average Bonchev–Trinajstić information content (AvgIpc) is 1.78. The smallest absolute Gasteiger partial charge is 0.202 e. The number of aryl methyl sites for hydroxylation is 3. The third-order valence-corrected chi connectivity index (χ3v) is 2.12. The van der Waals surface area contributed by atoms with Crippen LogP contribution in [-0.4, -0.2) is 0 Å².